The monoisotopic (exact) mass is 1440 g/mol. The van der Waals surface area contributed by atoms with Gasteiger partial charge in [0.2, 0.25) is 59.1 Å². The van der Waals surface area contributed by atoms with E-state index in [0.717, 1.165) is 0 Å². The molecule has 572 valence electrons. The Morgan fingerprint density at radius 3 is 1.83 bits per heavy atom. The first kappa shape index (κ1) is 85.4. The van der Waals surface area contributed by atoms with Crippen molar-refractivity contribution in [2.24, 2.45) is 23.7 Å². The maximum atomic E-state index is 14.9. The van der Waals surface area contributed by atoms with Gasteiger partial charge in [0.1, 0.15) is 18.1 Å². The van der Waals surface area contributed by atoms with E-state index in [0.29, 0.717) is 95.3 Å². The van der Waals surface area contributed by atoms with Crippen LogP contribution in [0.4, 0.5) is 0 Å². The molecule has 3 heterocycles. The maximum Gasteiger partial charge on any atom is 0.253 e. The number of amides is 12. The molecule has 7 N–H and O–H groups in total. The number of rotatable bonds is 38. The fourth-order valence-corrected chi connectivity index (χ4v) is 13.2. The van der Waals surface area contributed by atoms with Gasteiger partial charge in [0.05, 0.1) is 101 Å². The van der Waals surface area contributed by atoms with Crippen LogP contribution in [0, 0.1) is 23.7 Å². The Kier molecular flexibility index (Phi) is 36.3. The number of unbranched alkanes of at least 4 members (excludes halogenated alkanes) is 2. The summed E-state index contributed by atoms with van der Waals surface area (Å²) in [5.74, 6) is -7.47. The number of aliphatic hydroxyl groups excluding tert-OH is 1. The molecule has 0 aromatic heterocycles. The van der Waals surface area contributed by atoms with Gasteiger partial charge >= 0.3 is 0 Å². The summed E-state index contributed by atoms with van der Waals surface area (Å²) in [6.45, 7) is 15.9. The molecule has 103 heavy (non-hydrogen) atoms. The minimum Gasteiger partial charge on any atom is -0.386 e. The number of nitrogens with one attached hydrogen (secondary N) is 6. The van der Waals surface area contributed by atoms with Crippen molar-refractivity contribution in [3.8, 4) is 0 Å². The molecule has 3 aliphatic heterocycles. The quantitative estimate of drug-likeness (QED) is 0.0370. The molecule has 11 atom stereocenters. The second kappa shape index (κ2) is 43.8. The summed E-state index contributed by atoms with van der Waals surface area (Å²) in [4.78, 5) is 171. The third kappa shape index (κ3) is 26.8. The molecule has 12 amide bonds. The molecule has 2 aromatic rings. The third-order valence-corrected chi connectivity index (χ3v) is 19.4. The van der Waals surface area contributed by atoms with Crippen molar-refractivity contribution in [2.45, 2.75) is 168 Å². The zero-order valence-electron chi connectivity index (χ0n) is 62.4. The topological polar surface area (TPSA) is 354 Å². The summed E-state index contributed by atoms with van der Waals surface area (Å²) in [6, 6.07) is 12.7. The highest BCUT2D eigenvalue weighted by atomic mass is 16.5. The Morgan fingerprint density at radius 2 is 1.24 bits per heavy atom. The van der Waals surface area contributed by atoms with Gasteiger partial charge in [0, 0.05) is 92.6 Å². The largest absolute Gasteiger partial charge is 0.386 e. The molecule has 2 saturated heterocycles. The van der Waals surface area contributed by atoms with Gasteiger partial charge in [-0.1, -0.05) is 122 Å². The molecular weight excluding hydrogens is 1330 g/mol. The van der Waals surface area contributed by atoms with Crippen molar-refractivity contribution >= 4 is 70.9 Å². The van der Waals surface area contributed by atoms with E-state index in [2.05, 4.69) is 31.9 Å². The number of likely N-dealkylation sites (N-methyl/N-ethyl adjacent to an activating group) is 2. The molecule has 0 radical (unpaired) electrons. The van der Waals surface area contributed by atoms with E-state index in [-0.39, 0.29) is 81.3 Å². The number of hydrogen-bond donors (Lipinski definition) is 7. The number of imide groups is 1. The van der Waals surface area contributed by atoms with Crippen molar-refractivity contribution in [2.75, 3.05) is 120 Å². The standard InChI is InChI=1S/C74H114N12O17/c1-13-50(6)68(57(100-11)43-64(93)85-33-23-28-56(85)70(101-12)51(7)71(96)78-52(8)69(95)54-26-19-15-20-27-54)82(10)74(99)66(48(2)3)80-73(98)67(49(4)5)81(9)65(94)46-77-72(97)55(42-53-24-17-14-18-25-53)79-59(88)45-75-58(87)44-76-60(89)47-83-34-38-102-40-36-84(37-41-103-39-35-83)61(90)29-21-16-22-32-86-62(91)30-31-63(86)92/h14-15,17-20,24-27,30-31,48-52,55-57,66-70,95H,13,16,21-23,28-29,32-47H2,1-12H3,(H,75,87)(H,76,89)(H,77,97)(H,78,96)(H,79,88)(H,80,98)/t50-,51+,52+,55-,56+,57+,66-,67-,68-,69+,70+/m0/s1. The van der Waals surface area contributed by atoms with E-state index in [4.69, 9.17) is 18.9 Å². The summed E-state index contributed by atoms with van der Waals surface area (Å²) in [5, 5.41) is 27.1. The Labute approximate surface area is 606 Å². The molecule has 2 fully saturated rings. The molecule has 3 aliphatic rings. The van der Waals surface area contributed by atoms with Crippen molar-refractivity contribution < 1.29 is 81.6 Å². The van der Waals surface area contributed by atoms with Gasteiger partial charge in [-0.05, 0) is 61.5 Å². The van der Waals surface area contributed by atoms with Crippen LogP contribution >= 0.6 is 0 Å². The lowest BCUT2D eigenvalue weighted by Gasteiger charge is -2.41. The van der Waals surface area contributed by atoms with Gasteiger partial charge in [0.15, 0.2) is 0 Å². The SMILES string of the molecule is CC[C@H](C)[C@@H]([C@@H](CC(=O)N1CCC[C@@H]1[C@H](OC)[C@@H](C)C(=O)N[C@H](C)[C@@H](O)c1ccccc1)OC)N(C)C(=O)[C@@H](NC(=O)[C@H](C(C)C)N(C)C(=O)CNC(=O)[C@H](Cc1ccccc1)NC(=O)CNC(=O)CNC(=O)CN1CCOCCN(C(=O)CCCCCN2C(=O)C=CC2=O)CCOCC1)C(C)C. The molecule has 2 aromatic carbocycles. The van der Waals surface area contributed by atoms with Crippen LogP contribution in [0.1, 0.15) is 124 Å². The highest BCUT2D eigenvalue weighted by molar-refractivity contribution is 6.12. The molecule has 0 unspecified atom stereocenters. The second-order valence-corrected chi connectivity index (χ2v) is 27.6. The molecule has 29 nitrogen and oxygen atoms in total. The van der Waals surface area contributed by atoms with Gasteiger partial charge in [-0.15, -0.1) is 0 Å². The molecule has 5 rings (SSSR count). The van der Waals surface area contributed by atoms with Crippen molar-refractivity contribution in [3.63, 3.8) is 0 Å². The lowest BCUT2D eigenvalue weighted by molar-refractivity contribution is -0.148. The third-order valence-electron chi connectivity index (χ3n) is 19.4. The number of carbonyl (C=O) groups excluding carboxylic acids is 12. The van der Waals surface area contributed by atoms with Crippen LogP contribution in [0.2, 0.25) is 0 Å². The molecule has 0 spiro atoms. The number of likely N-dealkylation sites (tertiary alicyclic amines) is 1. The molecular formula is C74H114N12O17. The summed E-state index contributed by atoms with van der Waals surface area (Å²) < 4.78 is 23.7. The highest BCUT2D eigenvalue weighted by Crippen LogP contribution is 2.30. The predicted octanol–water partition coefficient (Wildman–Crippen LogP) is 1.51. The number of hydrogen-bond acceptors (Lipinski definition) is 18. The maximum absolute atomic E-state index is 14.9. The van der Waals surface area contributed by atoms with E-state index in [1.807, 2.05) is 32.0 Å². The van der Waals surface area contributed by atoms with E-state index in [1.54, 1.807) is 106 Å². The summed E-state index contributed by atoms with van der Waals surface area (Å²) >= 11 is 0. The Morgan fingerprint density at radius 1 is 0.641 bits per heavy atom. The number of carbonyl (C=O) groups is 12. The summed E-state index contributed by atoms with van der Waals surface area (Å²) in [7, 11) is 6.04. The van der Waals surface area contributed by atoms with Crippen molar-refractivity contribution in [1.82, 2.24) is 61.3 Å². The lowest BCUT2D eigenvalue weighted by atomic mass is 9.89. The normalized spacial score (nSPS) is 18.4. The zero-order chi connectivity index (χ0) is 75.9. The minimum absolute atomic E-state index is 0.000514. The van der Waals surface area contributed by atoms with E-state index >= 15 is 0 Å². The minimum atomic E-state index is -1.23. The number of nitrogens with zero attached hydrogens (tertiary/aromatic N) is 6. The first-order valence-electron chi connectivity index (χ1n) is 36.2. The van der Waals surface area contributed by atoms with E-state index < -0.39 is 133 Å². The molecule has 0 aliphatic carbocycles. The number of benzene rings is 2. The zero-order valence-corrected chi connectivity index (χ0v) is 62.4. The first-order valence-corrected chi connectivity index (χ1v) is 36.2. The van der Waals surface area contributed by atoms with Crippen LogP contribution in [0.3, 0.4) is 0 Å². The van der Waals surface area contributed by atoms with Gasteiger partial charge in [0.25, 0.3) is 11.8 Å². The van der Waals surface area contributed by atoms with Crippen LogP contribution in [0.5, 0.6) is 0 Å². The lowest BCUT2D eigenvalue weighted by Crippen LogP contribution is -2.61. The van der Waals surface area contributed by atoms with Crippen LogP contribution in [0.25, 0.3) is 0 Å². The predicted molar refractivity (Wildman–Crippen MR) is 383 cm³/mol. The summed E-state index contributed by atoms with van der Waals surface area (Å²) in [6.07, 6.45) is 3.99. The Bertz CT molecular complexity index is 3110. The average Bonchev–Trinajstić information content (AvgIpc) is 1.79. The van der Waals surface area contributed by atoms with Crippen molar-refractivity contribution in [1.29, 1.82) is 0 Å². The summed E-state index contributed by atoms with van der Waals surface area (Å²) in [5.41, 5.74) is 1.33. The second-order valence-electron chi connectivity index (χ2n) is 27.6. The van der Waals surface area contributed by atoms with Crippen LogP contribution in [0.15, 0.2) is 72.8 Å². The molecule has 0 saturated carbocycles. The Hall–Kier alpha value is -8.22. The number of methoxy groups -OCH3 is 2. The van der Waals surface area contributed by atoms with Crippen LogP contribution in [-0.2, 0) is 82.9 Å². The van der Waals surface area contributed by atoms with E-state index in [9.17, 15) is 62.6 Å². The van der Waals surface area contributed by atoms with Gasteiger partial charge in [-0.25, -0.2) is 0 Å². The average molecular weight is 1440 g/mol. The molecule has 0 bridgehead atoms. The van der Waals surface area contributed by atoms with Crippen LogP contribution < -0.4 is 31.9 Å². The van der Waals surface area contributed by atoms with Crippen LogP contribution in [-0.4, -0.2) is 274 Å². The van der Waals surface area contributed by atoms with Gasteiger partial charge in [-0.2, -0.15) is 0 Å². The van der Waals surface area contributed by atoms with Gasteiger partial charge in [-0.3, -0.25) is 67.3 Å². The van der Waals surface area contributed by atoms with Gasteiger partial charge < -0.3 is 75.6 Å². The number of aliphatic hydroxyl groups is 1. The smallest absolute Gasteiger partial charge is 0.253 e. The first-order chi connectivity index (χ1) is 49.1. The molecule has 29 heteroatoms. The Balaban J connectivity index is 1.10. The fourth-order valence-electron chi connectivity index (χ4n) is 13.2. The fraction of sp³-hybridized carbons (Fsp3) is 0.649. The highest BCUT2D eigenvalue weighted by Gasteiger charge is 2.44. The van der Waals surface area contributed by atoms with Crippen molar-refractivity contribution in [3.05, 3.63) is 83.9 Å². The van der Waals surface area contributed by atoms with E-state index in [1.165, 1.54) is 48.1 Å². The number of ether oxygens (including phenoxy) is 4.